The average molecular weight is 251 g/mol. The lowest BCUT2D eigenvalue weighted by Crippen LogP contribution is -2.39. The van der Waals surface area contributed by atoms with Gasteiger partial charge in [0.05, 0.1) is 6.67 Å². The summed E-state index contributed by atoms with van der Waals surface area (Å²) in [7, 11) is 3.08. The molecular weight excluding hydrogens is 235 g/mol. The first-order chi connectivity index (χ1) is 7.80. The van der Waals surface area contributed by atoms with Crippen LogP contribution in [0.3, 0.4) is 0 Å². The molecule has 0 aromatic rings. The third-order valence-electron chi connectivity index (χ3n) is 2.46. The predicted molar refractivity (Wildman–Crippen MR) is 56.8 cm³/mol. The van der Waals surface area contributed by atoms with E-state index < -0.39 is 12.1 Å². The fraction of sp³-hybridized carbons (Fsp3) is 0.700. The van der Waals surface area contributed by atoms with Gasteiger partial charge < -0.3 is 14.7 Å². The summed E-state index contributed by atoms with van der Waals surface area (Å²) in [5.74, 6) is -1.79. The van der Waals surface area contributed by atoms with Crippen molar-refractivity contribution in [2.24, 2.45) is 0 Å². The first-order valence-electron chi connectivity index (χ1n) is 5.25. The molecule has 0 saturated carbocycles. The fourth-order valence-corrected chi connectivity index (χ4v) is 1.56. The molecule has 0 N–H and O–H groups in total. The topological polar surface area (TPSA) is 26.8 Å². The molecule has 0 aliphatic carbocycles. The number of carbonyl (C=O) groups is 1. The van der Waals surface area contributed by atoms with Crippen LogP contribution < -0.4 is 0 Å². The number of halogens is 3. The lowest BCUT2D eigenvalue weighted by molar-refractivity contribution is -0.184. The van der Waals surface area contributed by atoms with Gasteiger partial charge in [0.25, 0.3) is 0 Å². The van der Waals surface area contributed by atoms with Gasteiger partial charge in [0.2, 0.25) is 0 Å². The highest BCUT2D eigenvalue weighted by molar-refractivity contribution is 5.81. The molecular formula is C10H16F3N3O. The van der Waals surface area contributed by atoms with Crippen molar-refractivity contribution < 1.29 is 18.0 Å². The lowest BCUT2D eigenvalue weighted by Gasteiger charge is -2.21. The second-order valence-corrected chi connectivity index (χ2v) is 4.09. The zero-order chi connectivity index (χ0) is 13.1. The van der Waals surface area contributed by atoms with Crippen LogP contribution in [0.25, 0.3) is 0 Å². The van der Waals surface area contributed by atoms with E-state index in [0.29, 0.717) is 17.9 Å². The first-order valence-corrected chi connectivity index (χ1v) is 5.25. The fourth-order valence-electron chi connectivity index (χ4n) is 1.56. The third-order valence-corrected chi connectivity index (χ3v) is 2.46. The van der Waals surface area contributed by atoms with Gasteiger partial charge >= 0.3 is 12.1 Å². The van der Waals surface area contributed by atoms with Gasteiger partial charge in [0, 0.05) is 39.6 Å². The van der Waals surface area contributed by atoms with Gasteiger partial charge in [-0.1, -0.05) is 0 Å². The number of alkyl halides is 3. The number of rotatable bonds is 4. The molecule has 0 bridgehead atoms. The standard InChI is InChI=1S/C10H16F3N3O/c1-14-6-7-16(8-14)5-3-4-15(2)9(17)10(11,12)13/h6-7H,3-5,8H2,1-2H3. The van der Waals surface area contributed by atoms with E-state index in [1.54, 1.807) is 0 Å². The SMILES string of the molecule is CN1C=CN(CCCN(C)C(=O)C(F)(F)F)C1. The van der Waals surface area contributed by atoms with Crippen molar-refractivity contribution in [2.75, 3.05) is 33.9 Å². The molecule has 1 heterocycles. The smallest absolute Gasteiger partial charge is 0.362 e. The van der Waals surface area contributed by atoms with E-state index in [9.17, 15) is 18.0 Å². The second kappa shape index (κ2) is 5.29. The van der Waals surface area contributed by atoms with Crippen molar-refractivity contribution in [3.05, 3.63) is 12.4 Å². The van der Waals surface area contributed by atoms with E-state index in [2.05, 4.69) is 0 Å². The summed E-state index contributed by atoms with van der Waals surface area (Å²) in [6, 6.07) is 0. The van der Waals surface area contributed by atoms with E-state index in [-0.39, 0.29) is 6.54 Å². The number of carbonyl (C=O) groups excluding carboxylic acids is 1. The van der Waals surface area contributed by atoms with Gasteiger partial charge in [-0.25, -0.2) is 0 Å². The number of nitrogens with zero attached hydrogens (tertiary/aromatic N) is 3. The minimum atomic E-state index is -4.78. The van der Waals surface area contributed by atoms with Gasteiger partial charge in [0.1, 0.15) is 0 Å². The lowest BCUT2D eigenvalue weighted by atomic mass is 10.3. The van der Waals surface area contributed by atoms with Crippen molar-refractivity contribution in [1.29, 1.82) is 0 Å². The number of hydrogen-bond donors (Lipinski definition) is 0. The Kier molecular flexibility index (Phi) is 4.25. The van der Waals surface area contributed by atoms with Crippen LogP contribution in [0.1, 0.15) is 6.42 Å². The highest BCUT2D eigenvalue weighted by Crippen LogP contribution is 2.17. The molecule has 0 saturated heterocycles. The minimum absolute atomic E-state index is 0.104. The molecule has 0 aromatic heterocycles. The van der Waals surface area contributed by atoms with Crippen LogP contribution in [0, 0.1) is 0 Å². The molecule has 7 heteroatoms. The van der Waals surface area contributed by atoms with Crippen LogP contribution >= 0.6 is 0 Å². The molecule has 1 aliphatic heterocycles. The molecule has 1 aliphatic rings. The molecule has 17 heavy (non-hydrogen) atoms. The molecule has 4 nitrogen and oxygen atoms in total. The highest BCUT2D eigenvalue weighted by Gasteiger charge is 2.40. The van der Waals surface area contributed by atoms with Gasteiger partial charge in [-0.15, -0.1) is 0 Å². The van der Waals surface area contributed by atoms with E-state index in [0.717, 1.165) is 6.67 Å². The molecule has 0 spiro atoms. The Morgan fingerprint density at radius 3 is 2.53 bits per heavy atom. The molecule has 0 unspecified atom stereocenters. The van der Waals surface area contributed by atoms with E-state index in [1.165, 1.54) is 7.05 Å². The highest BCUT2D eigenvalue weighted by atomic mass is 19.4. The Labute approximate surface area is 98.3 Å². The molecule has 98 valence electrons. The van der Waals surface area contributed by atoms with Gasteiger partial charge in [0.15, 0.2) is 0 Å². The Morgan fingerprint density at radius 2 is 2.06 bits per heavy atom. The Hall–Kier alpha value is -1.40. The summed E-state index contributed by atoms with van der Waals surface area (Å²) in [4.78, 5) is 15.5. The van der Waals surface area contributed by atoms with Crippen LogP contribution in [-0.4, -0.2) is 60.6 Å². The maximum Gasteiger partial charge on any atom is 0.471 e. The average Bonchev–Trinajstić information content (AvgIpc) is 2.61. The van der Waals surface area contributed by atoms with Crippen LogP contribution in [0.5, 0.6) is 0 Å². The maximum absolute atomic E-state index is 12.1. The van der Waals surface area contributed by atoms with Crippen LogP contribution in [-0.2, 0) is 4.79 Å². The van der Waals surface area contributed by atoms with Crippen LogP contribution in [0.4, 0.5) is 13.2 Å². The van der Waals surface area contributed by atoms with Crippen LogP contribution in [0.15, 0.2) is 12.4 Å². The summed E-state index contributed by atoms with van der Waals surface area (Å²) in [6.45, 7) is 1.47. The summed E-state index contributed by atoms with van der Waals surface area (Å²) in [6.07, 6.45) is -0.491. The van der Waals surface area contributed by atoms with Gasteiger partial charge in [-0.3, -0.25) is 4.79 Å². The molecule has 0 aromatic carbocycles. The quantitative estimate of drug-likeness (QED) is 0.748. The molecule has 1 amide bonds. The summed E-state index contributed by atoms with van der Waals surface area (Å²) < 4.78 is 36.2. The second-order valence-electron chi connectivity index (χ2n) is 4.09. The first kappa shape index (κ1) is 13.7. The molecule has 0 fully saturated rings. The molecule has 0 atom stereocenters. The molecule has 1 rings (SSSR count). The van der Waals surface area contributed by atoms with Crippen molar-refractivity contribution in [1.82, 2.24) is 14.7 Å². The Bertz CT molecular complexity index is 304. The zero-order valence-corrected chi connectivity index (χ0v) is 9.87. The Balaban J connectivity index is 2.23. The van der Waals surface area contributed by atoms with Crippen molar-refractivity contribution >= 4 is 5.91 Å². The van der Waals surface area contributed by atoms with E-state index in [1.807, 2.05) is 29.2 Å². The number of hydrogen-bond acceptors (Lipinski definition) is 3. The molecule has 0 radical (unpaired) electrons. The van der Waals surface area contributed by atoms with Crippen molar-refractivity contribution in [3.8, 4) is 0 Å². The van der Waals surface area contributed by atoms with E-state index in [4.69, 9.17) is 0 Å². The van der Waals surface area contributed by atoms with Crippen LogP contribution in [0.2, 0.25) is 0 Å². The van der Waals surface area contributed by atoms with Crippen molar-refractivity contribution in [2.45, 2.75) is 12.6 Å². The summed E-state index contributed by atoms with van der Waals surface area (Å²) in [5.41, 5.74) is 0. The Morgan fingerprint density at radius 1 is 1.41 bits per heavy atom. The third kappa shape index (κ3) is 4.16. The zero-order valence-electron chi connectivity index (χ0n) is 9.87. The predicted octanol–water partition coefficient (Wildman–Crippen LogP) is 1.07. The largest absolute Gasteiger partial charge is 0.471 e. The minimum Gasteiger partial charge on any atom is -0.362 e. The monoisotopic (exact) mass is 251 g/mol. The van der Waals surface area contributed by atoms with Crippen molar-refractivity contribution in [3.63, 3.8) is 0 Å². The summed E-state index contributed by atoms with van der Waals surface area (Å²) in [5, 5.41) is 0. The maximum atomic E-state index is 12.1. The van der Waals surface area contributed by atoms with Gasteiger partial charge in [-0.2, -0.15) is 13.2 Å². The number of amides is 1. The van der Waals surface area contributed by atoms with E-state index >= 15 is 0 Å². The normalized spacial score (nSPS) is 15.6. The summed E-state index contributed by atoms with van der Waals surface area (Å²) >= 11 is 0. The van der Waals surface area contributed by atoms with Gasteiger partial charge in [-0.05, 0) is 6.42 Å².